The van der Waals surface area contributed by atoms with Crippen LogP contribution in [0.4, 0.5) is 5.69 Å². The van der Waals surface area contributed by atoms with Gasteiger partial charge in [-0.3, -0.25) is 14.6 Å². The van der Waals surface area contributed by atoms with Gasteiger partial charge in [0.25, 0.3) is 0 Å². The van der Waals surface area contributed by atoms with Crippen molar-refractivity contribution in [3.8, 4) is 22.5 Å². The Bertz CT molecular complexity index is 700. The van der Waals surface area contributed by atoms with E-state index >= 15 is 0 Å². The molecule has 2 N–H and O–H groups in total. The van der Waals surface area contributed by atoms with Crippen LogP contribution in [0.5, 0.6) is 0 Å². The van der Waals surface area contributed by atoms with E-state index in [1.807, 2.05) is 37.5 Å². The summed E-state index contributed by atoms with van der Waals surface area (Å²) in [7, 11) is 1.88. The second kappa shape index (κ2) is 4.53. The highest BCUT2D eigenvalue weighted by molar-refractivity contribution is 5.77. The van der Waals surface area contributed by atoms with Gasteiger partial charge in [-0.2, -0.15) is 5.10 Å². The summed E-state index contributed by atoms with van der Waals surface area (Å²) in [6, 6.07) is 7.60. The highest BCUT2D eigenvalue weighted by Crippen LogP contribution is 2.28. The predicted molar refractivity (Wildman–Crippen MR) is 74.1 cm³/mol. The molecule has 2 heterocycles. The minimum absolute atomic E-state index is 0.732. The van der Waals surface area contributed by atoms with E-state index in [4.69, 9.17) is 5.73 Å². The summed E-state index contributed by atoms with van der Waals surface area (Å²) >= 11 is 0. The van der Waals surface area contributed by atoms with E-state index in [2.05, 4.69) is 15.1 Å². The smallest absolute Gasteiger partial charge is 0.0996 e. The maximum Gasteiger partial charge on any atom is 0.0996 e. The lowest BCUT2D eigenvalue weighted by Crippen LogP contribution is -1.92. The zero-order valence-corrected chi connectivity index (χ0v) is 10.5. The van der Waals surface area contributed by atoms with E-state index < -0.39 is 0 Å². The maximum atomic E-state index is 5.71. The van der Waals surface area contributed by atoms with Crippen LogP contribution in [0.1, 0.15) is 0 Å². The molecule has 5 heteroatoms. The normalized spacial score (nSPS) is 10.6. The molecule has 19 heavy (non-hydrogen) atoms. The number of aromatic nitrogens is 4. The van der Waals surface area contributed by atoms with Crippen molar-refractivity contribution in [2.45, 2.75) is 0 Å². The van der Waals surface area contributed by atoms with Gasteiger partial charge in [0.15, 0.2) is 0 Å². The number of nitrogens with two attached hydrogens (primary N) is 1. The highest BCUT2D eigenvalue weighted by Gasteiger charge is 2.11. The summed E-state index contributed by atoms with van der Waals surface area (Å²) in [4.78, 5) is 8.84. The van der Waals surface area contributed by atoms with Gasteiger partial charge in [0.05, 0.1) is 17.6 Å². The Hall–Kier alpha value is -2.69. The third-order valence-electron chi connectivity index (χ3n) is 2.86. The molecule has 0 atom stereocenters. The van der Waals surface area contributed by atoms with E-state index in [9.17, 15) is 0 Å². The zero-order valence-electron chi connectivity index (χ0n) is 10.5. The molecule has 0 radical (unpaired) electrons. The number of aryl methyl sites for hydroxylation is 1. The van der Waals surface area contributed by atoms with Gasteiger partial charge < -0.3 is 5.73 Å². The van der Waals surface area contributed by atoms with Gasteiger partial charge in [-0.05, 0) is 12.1 Å². The fraction of sp³-hybridized carbons (Fsp3) is 0.0714. The van der Waals surface area contributed by atoms with Gasteiger partial charge in [-0.15, -0.1) is 0 Å². The van der Waals surface area contributed by atoms with E-state index in [1.165, 1.54) is 0 Å². The van der Waals surface area contributed by atoms with Crippen molar-refractivity contribution >= 4 is 5.69 Å². The third kappa shape index (κ3) is 2.18. The first-order valence-corrected chi connectivity index (χ1v) is 5.90. The molecule has 0 spiro atoms. The number of nitrogen functional groups attached to an aromatic ring is 1. The number of hydrogen-bond donors (Lipinski definition) is 1. The SMILES string of the molecule is Cn1cc(-c2nccnc2-c2ccc(N)cc2)cn1. The summed E-state index contributed by atoms with van der Waals surface area (Å²) in [5, 5.41) is 4.17. The molecule has 0 bridgehead atoms. The van der Waals surface area contributed by atoms with Crippen LogP contribution in [0.25, 0.3) is 22.5 Å². The van der Waals surface area contributed by atoms with Crippen molar-refractivity contribution in [3.05, 3.63) is 49.1 Å². The monoisotopic (exact) mass is 251 g/mol. The van der Waals surface area contributed by atoms with Crippen LogP contribution >= 0.6 is 0 Å². The molecule has 0 fully saturated rings. The molecule has 2 aromatic heterocycles. The van der Waals surface area contributed by atoms with E-state index in [1.54, 1.807) is 23.3 Å². The van der Waals surface area contributed by atoms with E-state index in [0.717, 1.165) is 28.2 Å². The Morgan fingerprint density at radius 2 is 1.58 bits per heavy atom. The summed E-state index contributed by atoms with van der Waals surface area (Å²) in [5.74, 6) is 0. The fourth-order valence-corrected chi connectivity index (χ4v) is 1.95. The minimum Gasteiger partial charge on any atom is -0.399 e. The lowest BCUT2D eigenvalue weighted by atomic mass is 10.1. The van der Waals surface area contributed by atoms with E-state index in [0.29, 0.717) is 0 Å². The van der Waals surface area contributed by atoms with Crippen molar-refractivity contribution in [2.24, 2.45) is 7.05 Å². The summed E-state index contributed by atoms with van der Waals surface area (Å²) < 4.78 is 1.75. The van der Waals surface area contributed by atoms with Crippen molar-refractivity contribution in [1.82, 2.24) is 19.7 Å². The van der Waals surface area contributed by atoms with Crippen LogP contribution in [-0.4, -0.2) is 19.7 Å². The number of anilines is 1. The molecular weight excluding hydrogens is 238 g/mol. The molecule has 3 aromatic rings. The second-order valence-electron chi connectivity index (χ2n) is 4.28. The molecule has 0 aliphatic carbocycles. The van der Waals surface area contributed by atoms with Gasteiger partial charge in [0, 0.05) is 42.5 Å². The second-order valence-corrected chi connectivity index (χ2v) is 4.28. The van der Waals surface area contributed by atoms with Crippen LogP contribution in [0.2, 0.25) is 0 Å². The summed E-state index contributed by atoms with van der Waals surface area (Å²) in [5.41, 5.74) is 10.0. The molecule has 0 amide bonds. The van der Waals surface area contributed by atoms with Gasteiger partial charge in [0.2, 0.25) is 0 Å². The van der Waals surface area contributed by atoms with Gasteiger partial charge in [-0.1, -0.05) is 12.1 Å². The van der Waals surface area contributed by atoms with Crippen molar-refractivity contribution in [2.75, 3.05) is 5.73 Å². The fourth-order valence-electron chi connectivity index (χ4n) is 1.95. The number of hydrogen-bond acceptors (Lipinski definition) is 4. The van der Waals surface area contributed by atoms with Crippen molar-refractivity contribution < 1.29 is 0 Å². The number of rotatable bonds is 2. The van der Waals surface area contributed by atoms with Crippen molar-refractivity contribution in [3.63, 3.8) is 0 Å². The Morgan fingerprint density at radius 1 is 0.947 bits per heavy atom. The first kappa shape index (κ1) is 11.4. The first-order valence-electron chi connectivity index (χ1n) is 5.90. The lowest BCUT2D eigenvalue weighted by Gasteiger charge is -2.06. The molecule has 3 rings (SSSR count). The molecule has 0 aliphatic rings. The average Bonchev–Trinajstić information content (AvgIpc) is 2.86. The molecule has 0 unspecified atom stereocenters. The zero-order chi connectivity index (χ0) is 13.2. The standard InChI is InChI=1S/C14H13N5/c1-19-9-11(8-18-19)14-13(16-6-7-17-14)10-2-4-12(15)5-3-10/h2-9H,15H2,1H3. The topological polar surface area (TPSA) is 69.6 Å². The number of benzene rings is 1. The molecular formula is C14H13N5. The Labute approximate surface area is 110 Å². The predicted octanol–water partition coefficient (Wildman–Crippen LogP) is 2.13. The van der Waals surface area contributed by atoms with Crippen LogP contribution in [0, 0.1) is 0 Å². The van der Waals surface area contributed by atoms with Gasteiger partial charge in [-0.25, -0.2) is 0 Å². The Kier molecular flexibility index (Phi) is 2.72. The molecule has 5 nitrogen and oxygen atoms in total. The largest absolute Gasteiger partial charge is 0.399 e. The van der Waals surface area contributed by atoms with Gasteiger partial charge >= 0.3 is 0 Å². The third-order valence-corrected chi connectivity index (χ3v) is 2.86. The summed E-state index contributed by atoms with van der Waals surface area (Å²) in [6.07, 6.45) is 7.07. The molecule has 0 saturated carbocycles. The Balaban J connectivity index is 2.14. The maximum absolute atomic E-state index is 5.71. The van der Waals surface area contributed by atoms with Crippen LogP contribution < -0.4 is 5.73 Å². The van der Waals surface area contributed by atoms with Crippen LogP contribution in [0.15, 0.2) is 49.1 Å². The van der Waals surface area contributed by atoms with E-state index in [-0.39, 0.29) is 0 Å². The van der Waals surface area contributed by atoms with Crippen LogP contribution in [0.3, 0.4) is 0 Å². The minimum atomic E-state index is 0.732. The lowest BCUT2D eigenvalue weighted by molar-refractivity contribution is 0.768. The average molecular weight is 251 g/mol. The van der Waals surface area contributed by atoms with Crippen molar-refractivity contribution in [1.29, 1.82) is 0 Å². The number of nitrogens with zero attached hydrogens (tertiary/aromatic N) is 4. The van der Waals surface area contributed by atoms with Gasteiger partial charge in [0.1, 0.15) is 0 Å². The Morgan fingerprint density at radius 3 is 2.16 bits per heavy atom. The molecule has 1 aromatic carbocycles. The first-order chi connectivity index (χ1) is 9.24. The quantitative estimate of drug-likeness (QED) is 0.708. The van der Waals surface area contributed by atoms with Crippen LogP contribution in [-0.2, 0) is 7.05 Å². The molecule has 0 aliphatic heterocycles. The highest BCUT2D eigenvalue weighted by atomic mass is 15.2. The molecule has 94 valence electrons. The summed E-state index contributed by atoms with van der Waals surface area (Å²) in [6.45, 7) is 0. The molecule has 0 saturated heterocycles.